The van der Waals surface area contributed by atoms with Crippen molar-refractivity contribution in [3.8, 4) is 6.07 Å². The Bertz CT molecular complexity index is 271. The summed E-state index contributed by atoms with van der Waals surface area (Å²) in [4.78, 5) is 13.8. The van der Waals surface area contributed by atoms with Crippen LogP contribution in [0.15, 0.2) is 0 Å². The first-order valence-corrected chi connectivity index (χ1v) is 4.96. The summed E-state index contributed by atoms with van der Waals surface area (Å²) in [5, 5.41) is 8.88. The van der Waals surface area contributed by atoms with Crippen molar-refractivity contribution in [2.75, 3.05) is 6.54 Å². The number of carbonyl (C=O) groups excluding carboxylic acids is 1. The van der Waals surface area contributed by atoms with Gasteiger partial charge in [0.2, 0.25) is 5.91 Å². The summed E-state index contributed by atoms with van der Waals surface area (Å²) in [7, 11) is 0. The maximum Gasteiger partial charge on any atom is 0.243 e. The van der Waals surface area contributed by atoms with Gasteiger partial charge < -0.3 is 4.90 Å². The lowest BCUT2D eigenvalue weighted by molar-refractivity contribution is -0.135. The first-order chi connectivity index (χ1) is 6.23. The van der Waals surface area contributed by atoms with E-state index in [1.54, 1.807) is 0 Å². The van der Waals surface area contributed by atoms with E-state index in [9.17, 15) is 4.79 Å². The minimum Gasteiger partial charge on any atom is -0.339 e. The number of nitriles is 1. The smallest absolute Gasteiger partial charge is 0.243 e. The molecule has 3 heteroatoms. The quantitative estimate of drug-likeness (QED) is 0.653. The van der Waals surface area contributed by atoms with Gasteiger partial charge in [-0.1, -0.05) is 0 Å². The molecule has 0 heterocycles. The lowest BCUT2D eigenvalue weighted by Crippen LogP contribution is -2.38. The molecule has 0 unspecified atom stereocenters. The summed E-state index contributed by atoms with van der Waals surface area (Å²) in [5.41, 5.74) is -0.612. The van der Waals surface area contributed by atoms with Crippen LogP contribution in [0.25, 0.3) is 0 Å². The number of nitrogens with zero attached hydrogens (tertiary/aromatic N) is 2. The lowest BCUT2D eigenvalue weighted by Gasteiger charge is -2.22. The van der Waals surface area contributed by atoms with Crippen LogP contribution < -0.4 is 0 Å². The highest BCUT2D eigenvalue weighted by molar-refractivity contribution is 5.88. The zero-order valence-corrected chi connectivity index (χ0v) is 7.92. The molecule has 2 aliphatic carbocycles. The maximum absolute atomic E-state index is 11.9. The van der Waals surface area contributed by atoms with Crippen LogP contribution in [0.4, 0.5) is 0 Å². The number of amides is 1. The van der Waals surface area contributed by atoms with E-state index < -0.39 is 5.41 Å². The van der Waals surface area contributed by atoms with E-state index in [2.05, 4.69) is 6.07 Å². The normalized spacial score (nSPS) is 23.4. The average Bonchev–Trinajstić information content (AvgIpc) is 3.01. The molecule has 13 heavy (non-hydrogen) atoms. The second-order valence-electron chi connectivity index (χ2n) is 4.02. The third kappa shape index (κ3) is 1.31. The Kier molecular flexibility index (Phi) is 1.80. The molecular weight excluding hydrogens is 164 g/mol. The number of hydrogen-bond donors (Lipinski definition) is 0. The highest BCUT2D eigenvalue weighted by Gasteiger charge is 2.54. The van der Waals surface area contributed by atoms with Crippen LogP contribution in [0.2, 0.25) is 0 Å². The van der Waals surface area contributed by atoms with Crippen molar-refractivity contribution in [3.63, 3.8) is 0 Å². The predicted molar refractivity (Wildman–Crippen MR) is 47.7 cm³/mol. The molecule has 2 fully saturated rings. The molecular formula is C10H14N2O. The van der Waals surface area contributed by atoms with Gasteiger partial charge in [0.1, 0.15) is 5.41 Å². The van der Waals surface area contributed by atoms with Gasteiger partial charge in [-0.3, -0.25) is 4.79 Å². The van der Waals surface area contributed by atoms with Crippen LogP contribution in [0.3, 0.4) is 0 Å². The largest absolute Gasteiger partial charge is 0.339 e. The van der Waals surface area contributed by atoms with Gasteiger partial charge >= 0.3 is 0 Å². The van der Waals surface area contributed by atoms with Gasteiger partial charge in [0.15, 0.2) is 0 Å². The predicted octanol–water partition coefficient (Wildman–Crippen LogP) is 1.30. The van der Waals surface area contributed by atoms with E-state index in [-0.39, 0.29) is 5.91 Å². The van der Waals surface area contributed by atoms with Crippen LogP contribution >= 0.6 is 0 Å². The minimum absolute atomic E-state index is 0.0833. The number of carbonyl (C=O) groups is 1. The molecule has 0 spiro atoms. The van der Waals surface area contributed by atoms with Crippen molar-refractivity contribution in [1.29, 1.82) is 5.26 Å². The fourth-order valence-electron chi connectivity index (χ4n) is 1.73. The van der Waals surface area contributed by atoms with Gasteiger partial charge in [0.25, 0.3) is 0 Å². The molecule has 0 saturated heterocycles. The van der Waals surface area contributed by atoms with E-state index in [4.69, 9.17) is 5.26 Å². The van der Waals surface area contributed by atoms with E-state index in [1.165, 1.54) is 0 Å². The van der Waals surface area contributed by atoms with Crippen molar-refractivity contribution in [3.05, 3.63) is 0 Å². The fourth-order valence-corrected chi connectivity index (χ4v) is 1.73. The Morgan fingerprint density at radius 2 is 2.23 bits per heavy atom. The van der Waals surface area contributed by atoms with Crippen LogP contribution in [0.1, 0.15) is 32.6 Å². The van der Waals surface area contributed by atoms with E-state index in [0.29, 0.717) is 6.04 Å². The monoisotopic (exact) mass is 178 g/mol. The summed E-state index contributed by atoms with van der Waals surface area (Å²) < 4.78 is 0. The highest BCUT2D eigenvalue weighted by Crippen LogP contribution is 2.47. The third-order valence-electron chi connectivity index (χ3n) is 2.96. The second kappa shape index (κ2) is 2.73. The number of rotatable bonds is 3. The Morgan fingerprint density at radius 3 is 2.54 bits per heavy atom. The molecule has 0 aromatic rings. The third-order valence-corrected chi connectivity index (χ3v) is 2.96. The zero-order chi connectivity index (χ0) is 9.47. The molecule has 0 N–H and O–H groups in total. The molecule has 0 aromatic heterocycles. The first-order valence-electron chi connectivity index (χ1n) is 4.96. The average molecular weight is 178 g/mol. The summed E-state index contributed by atoms with van der Waals surface area (Å²) in [6.45, 7) is 2.75. The molecule has 1 amide bonds. The van der Waals surface area contributed by atoms with Gasteiger partial charge in [0, 0.05) is 12.6 Å². The van der Waals surface area contributed by atoms with Crippen molar-refractivity contribution in [2.24, 2.45) is 5.41 Å². The molecule has 2 rings (SSSR count). The van der Waals surface area contributed by atoms with Crippen molar-refractivity contribution < 1.29 is 4.79 Å². The van der Waals surface area contributed by atoms with E-state index >= 15 is 0 Å². The molecule has 0 atom stereocenters. The highest BCUT2D eigenvalue weighted by atomic mass is 16.2. The SMILES string of the molecule is CCN(C(=O)C1(C#N)CC1)C1CC1. The van der Waals surface area contributed by atoms with Crippen LogP contribution in [0.5, 0.6) is 0 Å². The van der Waals surface area contributed by atoms with Gasteiger partial charge in [0.05, 0.1) is 6.07 Å². The van der Waals surface area contributed by atoms with Crippen molar-refractivity contribution in [2.45, 2.75) is 38.6 Å². The second-order valence-corrected chi connectivity index (χ2v) is 4.02. The molecule has 3 nitrogen and oxygen atoms in total. The maximum atomic E-state index is 11.9. The summed E-state index contributed by atoms with van der Waals surface area (Å²) in [6.07, 6.45) is 3.79. The van der Waals surface area contributed by atoms with Crippen LogP contribution in [-0.2, 0) is 4.79 Å². The summed E-state index contributed by atoms with van der Waals surface area (Å²) in [6, 6.07) is 2.61. The molecule has 0 radical (unpaired) electrons. The Labute approximate surface area is 78.3 Å². The summed E-state index contributed by atoms with van der Waals surface area (Å²) in [5.74, 6) is 0.0833. The molecule has 0 aliphatic heterocycles. The Morgan fingerprint density at radius 1 is 1.62 bits per heavy atom. The Hall–Kier alpha value is -1.04. The van der Waals surface area contributed by atoms with Crippen molar-refractivity contribution >= 4 is 5.91 Å². The first kappa shape index (κ1) is 8.55. The van der Waals surface area contributed by atoms with E-state index in [0.717, 1.165) is 32.2 Å². The van der Waals surface area contributed by atoms with Gasteiger partial charge in [-0.15, -0.1) is 0 Å². The molecule has 2 saturated carbocycles. The van der Waals surface area contributed by atoms with Crippen LogP contribution in [0, 0.1) is 16.7 Å². The minimum atomic E-state index is -0.612. The standard InChI is InChI=1S/C10H14N2O/c1-2-12(8-3-4-8)9(13)10(7-11)5-6-10/h8H,2-6H2,1H3. The Balaban J connectivity index is 2.07. The van der Waals surface area contributed by atoms with Crippen molar-refractivity contribution in [1.82, 2.24) is 4.90 Å². The number of hydrogen-bond acceptors (Lipinski definition) is 2. The lowest BCUT2D eigenvalue weighted by atomic mass is 10.1. The molecule has 0 bridgehead atoms. The fraction of sp³-hybridized carbons (Fsp3) is 0.800. The summed E-state index contributed by atoms with van der Waals surface area (Å²) >= 11 is 0. The molecule has 0 aromatic carbocycles. The molecule has 2 aliphatic rings. The zero-order valence-electron chi connectivity index (χ0n) is 7.92. The molecule has 70 valence electrons. The van der Waals surface area contributed by atoms with E-state index in [1.807, 2.05) is 11.8 Å². The van der Waals surface area contributed by atoms with Crippen LogP contribution in [-0.4, -0.2) is 23.4 Å². The van der Waals surface area contributed by atoms with Gasteiger partial charge in [-0.25, -0.2) is 0 Å². The van der Waals surface area contributed by atoms with Gasteiger partial charge in [-0.2, -0.15) is 5.26 Å². The van der Waals surface area contributed by atoms with Gasteiger partial charge in [-0.05, 0) is 32.6 Å². The topological polar surface area (TPSA) is 44.1 Å².